The largest absolute Gasteiger partial charge is 0.462 e. The van der Waals surface area contributed by atoms with Gasteiger partial charge in [-0.05, 0) is 104 Å². The summed E-state index contributed by atoms with van der Waals surface area (Å²) in [6.07, 6.45) is 13.9. The molecule has 0 saturated carbocycles. The molecule has 0 aliphatic carbocycles. The number of hydrogen-bond donors (Lipinski definition) is 0. The van der Waals surface area contributed by atoms with Gasteiger partial charge < -0.3 is 9.64 Å². The van der Waals surface area contributed by atoms with Gasteiger partial charge in [0.05, 0.1) is 0 Å². The van der Waals surface area contributed by atoms with Gasteiger partial charge in [0.15, 0.2) is 5.11 Å². The fraction of sp³-hybridized carbons (Fsp3) is 0.414. The summed E-state index contributed by atoms with van der Waals surface area (Å²) < 4.78 is 5.95. The van der Waals surface area contributed by atoms with Crippen LogP contribution in [-0.2, 0) is 27.2 Å². The maximum absolute atomic E-state index is 13.3. The number of carbonyl (C=O) groups is 2. The number of amides is 2. The van der Waals surface area contributed by atoms with E-state index in [2.05, 4.69) is 30.0 Å². The van der Waals surface area contributed by atoms with E-state index in [0.29, 0.717) is 23.6 Å². The van der Waals surface area contributed by atoms with E-state index >= 15 is 0 Å². The van der Waals surface area contributed by atoms with Crippen LogP contribution in [0.25, 0.3) is 6.08 Å². The molecule has 0 aromatic heterocycles. The number of aryl methyl sites for hydroxylation is 2. The zero-order chi connectivity index (χ0) is 25.4. The molecule has 188 valence electrons. The van der Waals surface area contributed by atoms with Crippen LogP contribution < -0.4 is 4.90 Å². The minimum Gasteiger partial charge on any atom is -0.462 e. The number of carbonyl (C=O) groups excluding carboxylic acids is 2. The van der Waals surface area contributed by atoms with Crippen molar-refractivity contribution in [2.24, 2.45) is 0 Å². The Hall–Kier alpha value is -3.19. The minimum atomic E-state index is -0.378. The molecule has 1 saturated heterocycles. The fourth-order valence-corrected chi connectivity index (χ4v) is 5.76. The summed E-state index contributed by atoms with van der Waals surface area (Å²) in [5.74, 6) is 0.515. The third kappa shape index (κ3) is 4.52. The lowest BCUT2D eigenvalue weighted by Gasteiger charge is -2.37. The first kappa shape index (κ1) is 24.5. The first-order valence-corrected chi connectivity index (χ1v) is 13.3. The standard InChI is InChI=1S/C29H33N3O3S/c1-4-5-14-32-28(34)25(27(33)30(3)29(32)36)23-15-19(2)35-24(18-23)11-10-20-16-21-8-6-12-31-13-7-9-22(17-20)26(21)31/h10-11,15-18H,4-9,12-14H2,1-3H3/b11-10?,25-23+. The molecule has 4 aliphatic heterocycles. The normalized spacial score (nSPS) is 22.1. The third-order valence-corrected chi connectivity index (χ3v) is 7.74. The molecule has 36 heavy (non-hydrogen) atoms. The van der Waals surface area contributed by atoms with E-state index in [-0.39, 0.29) is 22.5 Å². The van der Waals surface area contributed by atoms with Crippen molar-refractivity contribution in [1.29, 1.82) is 0 Å². The lowest BCUT2D eigenvalue weighted by molar-refractivity contribution is -0.133. The lowest BCUT2D eigenvalue weighted by Crippen LogP contribution is -2.55. The van der Waals surface area contributed by atoms with Crippen LogP contribution in [0.1, 0.15) is 56.2 Å². The highest BCUT2D eigenvalue weighted by Gasteiger charge is 2.39. The zero-order valence-corrected chi connectivity index (χ0v) is 22.1. The minimum absolute atomic E-state index is 0.133. The lowest BCUT2D eigenvalue weighted by atomic mass is 9.90. The first-order valence-electron chi connectivity index (χ1n) is 12.9. The SMILES string of the molecule is CCCCN1C(=O)/C(=C2\C=C(C)OC(C=Cc3cc4c5c(c3)CCCN5CCC4)=C2)C(=O)N(C)C1=S. The van der Waals surface area contributed by atoms with Crippen LogP contribution in [0.15, 0.2) is 53.0 Å². The number of rotatable bonds is 5. The molecule has 0 unspecified atom stereocenters. The molecule has 4 heterocycles. The highest BCUT2D eigenvalue weighted by molar-refractivity contribution is 7.80. The first-order chi connectivity index (χ1) is 17.4. The van der Waals surface area contributed by atoms with Crippen molar-refractivity contribution in [2.75, 3.05) is 31.6 Å². The Balaban J connectivity index is 1.47. The third-order valence-electron chi connectivity index (χ3n) is 7.25. The number of anilines is 1. The zero-order valence-electron chi connectivity index (χ0n) is 21.3. The van der Waals surface area contributed by atoms with Gasteiger partial charge in [0, 0.05) is 32.4 Å². The van der Waals surface area contributed by atoms with E-state index in [1.165, 1.54) is 39.5 Å². The Labute approximate surface area is 218 Å². The summed E-state index contributed by atoms with van der Waals surface area (Å²) in [5, 5.41) is 0.259. The van der Waals surface area contributed by atoms with Gasteiger partial charge in [-0.25, -0.2) is 0 Å². The molecule has 6 nitrogen and oxygen atoms in total. The van der Waals surface area contributed by atoms with Crippen molar-refractivity contribution in [3.8, 4) is 0 Å². The smallest absolute Gasteiger partial charge is 0.266 e. The number of nitrogens with zero attached hydrogens (tertiary/aromatic N) is 3. The van der Waals surface area contributed by atoms with E-state index < -0.39 is 0 Å². The topological polar surface area (TPSA) is 53.1 Å². The second-order valence-electron chi connectivity index (χ2n) is 9.91. The number of ether oxygens (including phenoxy) is 1. The predicted octanol–water partition coefficient (Wildman–Crippen LogP) is 4.90. The number of allylic oxidation sites excluding steroid dienone is 5. The van der Waals surface area contributed by atoms with Crippen molar-refractivity contribution in [3.63, 3.8) is 0 Å². The van der Waals surface area contributed by atoms with Gasteiger partial charge in [0.1, 0.15) is 17.1 Å². The fourth-order valence-electron chi connectivity index (χ4n) is 5.50. The summed E-state index contributed by atoms with van der Waals surface area (Å²) in [6, 6.07) is 4.57. The number of likely N-dealkylation sites (N-methyl/N-ethyl adjacent to an activating group) is 1. The molecule has 1 aromatic carbocycles. The van der Waals surface area contributed by atoms with Crippen molar-refractivity contribution >= 4 is 40.9 Å². The predicted molar refractivity (Wildman–Crippen MR) is 146 cm³/mol. The van der Waals surface area contributed by atoms with Gasteiger partial charge in [-0.2, -0.15) is 0 Å². The van der Waals surface area contributed by atoms with Crippen LogP contribution in [-0.4, -0.2) is 53.4 Å². The maximum Gasteiger partial charge on any atom is 0.266 e. The molecule has 0 radical (unpaired) electrons. The van der Waals surface area contributed by atoms with Crippen molar-refractivity contribution < 1.29 is 14.3 Å². The van der Waals surface area contributed by atoms with Crippen molar-refractivity contribution in [3.05, 3.63) is 69.7 Å². The maximum atomic E-state index is 13.3. The Morgan fingerprint density at radius 3 is 2.39 bits per heavy atom. The number of unbranched alkanes of at least 4 members (excludes halogenated alkanes) is 1. The van der Waals surface area contributed by atoms with Crippen LogP contribution in [0, 0.1) is 0 Å². The van der Waals surface area contributed by atoms with Crippen molar-refractivity contribution in [1.82, 2.24) is 9.80 Å². The Kier molecular flexibility index (Phi) is 6.84. The van der Waals surface area contributed by atoms with Crippen molar-refractivity contribution in [2.45, 2.75) is 52.4 Å². The second kappa shape index (κ2) is 10.1. The van der Waals surface area contributed by atoms with E-state index in [0.717, 1.165) is 44.3 Å². The van der Waals surface area contributed by atoms with Gasteiger partial charge in [0.2, 0.25) is 0 Å². The molecule has 0 atom stereocenters. The molecule has 4 aliphatic rings. The van der Waals surface area contributed by atoms with E-state index in [1.807, 2.05) is 13.0 Å². The summed E-state index contributed by atoms with van der Waals surface area (Å²) in [7, 11) is 1.63. The molecular formula is C29H33N3O3S. The van der Waals surface area contributed by atoms with Gasteiger partial charge in [-0.1, -0.05) is 19.4 Å². The second-order valence-corrected chi connectivity index (χ2v) is 10.3. The number of benzene rings is 1. The quantitative estimate of drug-likeness (QED) is 0.325. The van der Waals surface area contributed by atoms with Crippen LogP contribution in [0.2, 0.25) is 0 Å². The van der Waals surface area contributed by atoms with E-state index in [9.17, 15) is 9.59 Å². The number of hydrogen-bond acceptors (Lipinski definition) is 5. The molecule has 5 rings (SSSR count). The van der Waals surface area contributed by atoms with Crippen LogP contribution >= 0.6 is 12.2 Å². The highest BCUT2D eigenvalue weighted by atomic mass is 32.1. The Morgan fingerprint density at radius 2 is 1.72 bits per heavy atom. The molecule has 0 bridgehead atoms. The Bertz CT molecular complexity index is 1230. The van der Waals surface area contributed by atoms with Gasteiger partial charge in [0.25, 0.3) is 11.8 Å². The summed E-state index contributed by atoms with van der Waals surface area (Å²) in [5.41, 5.74) is 6.15. The summed E-state index contributed by atoms with van der Waals surface area (Å²) >= 11 is 5.41. The average Bonchev–Trinajstić information content (AvgIpc) is 2.86. The molecule has 7 heteroatoms. The average molecular weight is 504 g/mol. The number of thiocarbonyl (C=S) groups is 1. The monoisotopic (exact) mass is 503 g/mol. The van der Waals surface area contributed by atoms with E-state index in [4.69, 9.17) is 17.0 Å². The van der Waals surface area contributed by atoms with Crippen LogP contribution in [0.4, 0.5) is 5.69 Å². The van der Waals surface area contributed by atoms with Gasteiger partial charge in [-0.15, -0.1) is 0 Å². The van der Waals surface area contributed by atoms with Gasteiger partial charge >= 0.3 is 0 Å². The summed E-state index contributed by atoms with van der Waals surface area (Å²) in [6.45, 7) is 6.71. The van der Waals surface area contributed by atoms with Crippen LogP contribution in [0.3, 0.4) is 0 Å². The molecular weight excluding hydrogens is 470 g/mol. The van der Waals surface area contributed by atoms with E-state index in [1.54, 1.807) is 19.2 Å². The van der Waals surface area contributed by atoms with Gasteiger partial charge in [-0.3, -0.25) is 19.4 Å². The molecule has 1 aromatic rings. The molecule has 2 amide bonds. The summed E-state index contributed by atoms with van der Waals surface area (Å²) in [4.78, 5) is 31.9. The molecule has 1 fully saturated rings. The molecule has 0 spiro atoms. The Morgan fingerprint density at radius 1 is 1.03 bits per heavy atom. The van der Waals surface area contributed by atoms with Crippen LogP contribution in [0.5, 0.6) is 0 Å². The highest BCUT2D eigenvalue weighted by Crippen LogP contribution is 2.36. The molecule has 0 N–H and O–H groups in total.